The molecule has 8 heteroatoms. The van der Waals surface area contributed by atoms with Crippen LogP contribution < -0.4 is 10.9 Å². The summed E-state index contributed by atoms with van der Waals surface area (Å²) >= 11 is 1.15. The summed E-state index contributed by atoms with van der Waals surface area (Å²) in [6, 6.07) is 5.43. The third-order valence-corrected chi connectivity index (χ3v) is 7.44. The van der Waals surface area contributed by atoms with Crippen LogP contribution in [0.4, 0.5) is 14.6 Å². The zero-order valence-electron chi connectivity index (χ0n) is 23.3. The molecule has 0 aliphatic heterocycles. The highest BCUT2D eigenvalue weighted by Gasteiger charge is 2.10. The summed E-state index contributed by atoms with van der Waals surface area (Å²) in [5.41, 5.74) is -0.0819. The molecule has 1 aromatic heterocycles. The molecular formula is C30H47F2N3O2S. The molecule has 0 spiro atoms. The van der Waals surface area contributed by atoms with E-state index in [-0.39, 0.29) is 22.9 Å². The van der Waals surface area contributed by atoms with Gasteiger partial charge >= 0.3 is 0 Å². The minimum Gasteiger partial charge on any atom is -0.379 e. The number of hydrogen-bond donors (Lipinski definition) is 2. The molecule has 1 heterocycles. The second kappa shape index (κ2) is 20.0. The summed E-state index contributed by atoms with van der Waals surface area (Å²) in [6.07, 6.45) is 18.7. The number of rotatable bonds is 22. The number of benzene rings is 1. The normalized spacial score (nSPS) is 12.1. The van der Waals surface area contributed by atoms with Gasteiger partial charge in [0, 0.05) is 30.0 Å². The van der Waals surface area contributed by atoms with E-state index in [2.05, 4.69) is 22.2 Å². The van der Waals surface area contributed by atoms with Gasteiger partial charge in [-0.25, -0.2) is 13.8 Å². The highest BCUT2D eigenvalue weighted by atomic mass is 32.2. The number of H-pyrrole nitrogens is 1. The monoisotopic (exact) mass is 551 g/mol. The first kappa shape index (κ1) is 32.3. The van der Waals surface area contributed by atoms with Crippen molar-refractivity contribution in [3.63, 3.8) is 0 Å². The fraction of sp³-hybridized carbons (Fsp3) is 0.667. The van der Waals surface area contributed by atoms with Crippen LogP contribution in [0.1, 0.15) is 109 Å². The van der Waals surface area contributed by atoms with Crippen molar-refractivity contribution in [1.29, 1.82) is 0 Å². The number of anilines is 1. The van der Waals surface area contributed by atoms with Crippen molar-refractivity contribution in [2.24, 2.45) is 0 Å². The molecule has 0 unspecified atom stereocenters. The zero-order valence-corrected chi connectivity index (χ0v) is 24.2. The maximum atomic E-state index is 13.9. The van der Waals surface area contributed by atoms with Gasteiger partial charge in [-0.15, -0.1) is 0 Å². The Labute approximate surface area is 232 Å². The number of unbranched alkanes of at least 4 members (excludes halogenated alkanes) is 13. The number of halogens is 2. The van der Waals surface area contributed by atoms with Crippen molar-refractivity contribution in [3.8, 4) is 0 Å². The van der Waals surface area contributed by atoms with E-state index in [0.717, 1.165) is 30.9 Å². The van der Waals surface area contributed by atoms with E-state index in [1.807, 2.05) is 6.92 Å². The van der Waals surface area contributed by atoms with Gasteiger partial charge in [-0.05, 0) is 19.4 Å². The quantitative estimate of drug-likeness (QED) is 0.0871. The fourth-order valence-electron chi connectivity index (χ4n) is 4.34. The van der Waals surface area contributed by atoms with Crippen LogP contribution in [0.5, 0.6) is 0 Å². The molecule has 214 valence electrons. The van der Waals surface area contributed by atoms with Crippen LogP contribution in [0.2, 0.25) is 0 Å². The lowest BCUT2D eigenvalue weighted by Crippen LogP contribution is -2.24. The number of nitrogens with zero attached hydrogens (tertiary/aromatic N) is 1. The number of aromatic amines is 1. The highest BCUT2D eigenvalue weighted by molar-refractivity contribution is 7.98. The Morgan fingerprint density at radius 2 is 1.55 bits per heavy atom. The molecule has 0 saturated heterocycles. The Kier molecular flexibility index (Phi) is 17.0. The van der Waals surface area contributed by atoms with Gasteiger partial charge in [-0.2, -0.15) is 0 Å². The highest BCUT2D eigenvalue weighted by Crippen LogP contribution is 2.22. The van der Waals surface area contributed by atoms with E-state index in [1.165, 1.54) is 102 Å². The molecule has 2 N–H and O–H groups in total. The average Bonchev–Trinajstić information content (AvgIpc) is 2.89. The first-order valence-electron chi connectivity index (χ1n) is 14.5. The largest absolute Gasteiger partial charge is 0.379 e. The van der Waals surface area contributed by atoms with Crippen LogP contribution in [-0.2, 0) is 10.5 Å². The average molecular weight is 552 g/mol. The predicted molar refractivity (Wildman–Crippen MR) is 155 cm³/mol. The molecule has 0 radical (unpaired) electrons. The topological polar surface area (TPSA) is 67.0 Å². The van der Waals surface area contributed by atoms with Crippen molar-refractivity contribution in [2.75, 3.05) is 18.5 Å². The number of thioether (sulfide) groups is 1. The number of nitrogens with one attached hydrogen (secondary N) is 2. The molecule has 38 heavy (non-hydrogen) atoms. The van der Waals surface area contributed by atoms with Gasteiger partial charge in [0.25, 0.3) is 5.56 Å². The van der Waals surface area contributed by atoms with Crippen molar-refractivity contribution in [1.82, 2.24) is 9.97 Å². The standard InChI is InChI=1S/C30H47F2N3O2S/c1-3-4-5-6-7-8-9-10-11-12-13-14-15-16-20-37-22-24(2)33-27-21-28(36)35-30(34-27)38-23-25-18-17-19-26(31)29(25)32/h17-19,21,24H,3-16,20,22-23H2,1-2H3,(H2,33,34,35,36)/t24-/m1/s1. The lowest BCUT2D eigenvalue weighted by Gasteiger charge is -2.15. The third-order valence-electron chi connectivity index (χ3n) is 6.52. The van der Waals surface area contributed by atoms with Crippen molar-refractivity contribution >= 4 is 17.6 Å². The Morgan fingerprint density at radius 3 is 2.18 bits per heavy atom. The van der Waals surface area contributed by atoms with Crippen molar-refractivity contribution < 1.29 is 13.5 Å². The Morgan fingerprint density at radius 1 is 0.947 bits per heavy atom. The molecule has 0 aliphatic rings. The third kappa shape index (κ3) is 14.3. The molecular weight excluding hydrogens is 504 g/mol. The summed E-state index contributed by atoms with van der Waals surface area (Å²) in [5, 5.41) is 3.54. The molecule has 2 rings (SSSR count). The molecule has 0 fully saturated rings. The second-order valence-electron chi connectivity index (χ2n) is 10.2. The van der Waals surface area contributed by atoms with E-state index in [9.17, 15) is 13.6 Å². The molecule has 0 saturated carbocycles. The van der Waals surface area contributed by atoms with Crippen molar-refractivity contribution in [3.05, 3.63) is 51.8 Å². The van der Waals surface area contributed by atoms with Crippen LogP contribution >= 0.6 is 11.8 Å². The van der Waals surface area contributed by atoms with Crippen LogP contribution in [0.3, 0.4) is 0 Å². The van der Waals surface area contributed by atoms with Crippen molar-refractivity contribution in [2.45, 2.75) is 121 Å². The molecule has 5 nitrogen and oxygen atoms in total. The maximum Gasteiger partial charge on any atom is 0.253 e. The van der Waals surface area contributed by atoms with Crippen LogP contribution in [0, 0.1) is 11.6 Å². The summed E-state index contributed by atoms with van der Waals surface area (Å²) in [5.74, 6) is -1.17. The van der Waals surface area contributed by atoms with E-state index in [0.29, 0.717) is 17.6 Å². The zero-order chi connectivity index (χ0) is 27.4. The van der Waals surface area contributed by atoms with E-state index < -0.39 is 11.6 Å². The Bertz CT molecular complexity index is 957. The number of aromatic nitrogens is 2. The second-order valence-corrected chi connectivity index (χ2v) is 11.1. The van der Waals surface area contributed by atoms with Gasteiger partial charge in [0.2, 0.25) is 0 Å². The molecule has 1 atom stereocenters. The van der Waals surface area contributed by atoms with E-state index >= 15 is 0 Å². The minimum atomic E-state index is -0.886. The SMILES string of the molecule is CCCCCCCCCCCCCCCCOC[C@@H](C)Nc1cc(=O)[nH]c(SCc2cccc(F)c2F)n1. The van der Waals surface area contributed by atoms with Gasteiger partial charge in [-0.3, -0.25) is 4.79 Å². The number of ether oxygens (including phenoxy) is 1. The fourth-order valence-corrected chi connectivity index (χ4v) is 5.19. The number of hydrogen-bond acceptors (Lipinski definition) is 5. The molecule has 0 aliphatic carbocycles. The predicted octanol–water partition coefficient (Wildman–Crippen LogP) is 8.64. The lowest BCUT2D eigenvalue weighted by atomic mass is 10.0. The van der Waals surface area contributed by atoms with Gasteiger partial charge in [0.05, 0.1) is 6.61 Å². The van der Waals surface area contributed by atoms with E-state index in [1.54, 1.807) is 0 Å². The minimum absolute atomic E-state index is 0.0190. The molecule has 0 amide bonds. The van der Waals surface area contributed by atoms with Crippen LogP contribution in [-0.4, -0.2) is 29.2 Å². The molecule has 1 aromatic carbocycles. The first-order chi connectivity index (χ1) is 18.5. The van der Waals surface area contributed by atoms with Gasteiger partial charge in [0.1, 0.15) is 5.82 Å². The van der Waals surface area contributed by atoms with Gasteiger partial charge in [-0.1, -0.05) is 114 Å². The Balaban J connectivity index is 1.51. The summed E-state index contributed by atoms with van der Waals surface area (Å²) in [6.45, 7) is 5.49. The summed E-state index contributed by atoms with van der Waals surface area (Å²) in [7, 11) is 0. The Hall–Kier alpha value is -1.93. The van der Waals surface area contributed by atoms with Gasteiger partial charge in [0.15, 0.2) is 16.8 Å². The van der Waals surface area contributed by atoms with Crippen LogP contribution in [0.15, 0.2) is 34.2 Å². The lowest BCUT2D eigenvalue weighted by molar-refractivity contribution is 0.124. The summed E-state index contributed by atoms with van der Waals surface area (Å²) < 4.78 is 33.1. The first-order valence-corrected chi connectivity index (χ1v) is 15.5. The van der Waals surface area contributed by atoms with E-state index in [4.69, 9.17) is 4.74 Å². The smallest absolute Gasteiger partial charge is 0.253 e. The van der Waals surface area contributed by atoms with Crippen LogP contribution in [0.25, 0.3) is 0 Å². The summed E-state index contributed by atoms with van der Waals surface area (Å²) in [4.78, 5) is 19.1. The molecule has 2 aromatic rings. The molecule has 0 bridgehead atoms. The maximum absolute atomic E-state index is 13.9. The van der Waals surface area contributed by atoms with Gasteiger partial charge < -0.3 is 15.0 Å².